The van der Waals surface area contributed by atoms with Gasteiger partial charge in [0.05, 0.1) is 19.2 Å². The summed E-state index contributed by atoms with van der Waals surface area (Å²) in [6.07, 6.45) is 4.69. The van der Waals surface area contributed by atoms with Crippen molar-refractivity contribution in [2.24, 2.45) is 5.92 Å². The number of hydrogen-bond donors (Lipinski definition) is 1. The molecule has 1 aliphatic rings. The maximum atomic E-state index is 11.7. The number of carbonyl (C=O) groups excluding carboxylic acids is 2. The number of esters is 1. The molecule has 2 rings (SSSR count). The van der Waals surface area contributed by atoms with Gasteiger partial charge in [0, 0.05) is 11.3 Å². The topological polar surface area (TPSA) is 68.3 Å². The molecule has 1 atom stereocenters. The van der Waals surface area contributed by atoms with Gasteiger partial charge in [-0.2, -0.15) is 0 Å². The fourth-order valence-electron chi connectivity index (χ4n) is 2.34. The average molecular weight is 296 g/mol. The van der Waals surface area contributed by atoms with E-state index in [1.165, 1.54) is 24.8 Å². The van der Waals surface area contributed by atoms with Gasteiger partial charge in [-0.25, -0.2) is 4.98 Å². The third kappa shape index (κ3) is 3.79. The number of fused-ring (bicyclic) bond motifs is 1. The van der Waals surface area contributed by atoms with Crippen LogP contribution in [-0.2, 0) is 27.2 Å². The number of ether oxygens (including phenoxy) is 1. The van der Waals surface area contributed by atoms with Gasteiger partial charge >= 0.3 is 5.97 Å². The number of rotatable bonds is 5. The lowest BCUT2D eigenvalue weighted by Crippen LogP contribution is -2.14. The van der Waals surface area contributed by atoms with Crippen LogP contribution in [-0.4, -0.2) is 24.0 Å². The van der Waals surface area contributed by atoms with Gasteiger partial charge in [-0.05, 0) is 25.2 Å². The largest absolute Gasteiger partial charge is 0.469 e. The molecule has 0 aliphatic heterocycles. The minimum atomic E-state index is -0.371. The zero-order valence-electron chi connectivity index (χ0n) is 11.9. The summed E-state index contributed by atoms with van der Waals surface area (Å²) in [5.74, 6) is 0.184. The first-order chi connectivity index (χ1) is 9.62. The van der Waals surface area contributed by atoms with E-state index in [0.717, 1.165) is 24.5 Å². The number of anilines is 1. The fourth-order valence-corrected chi connectivity index (χ4v) is 3.48. The number of nitrogens with one attached hydrogen (secondary N) is 1. The van der Waals surface area contributed by atoms with Crippen LogP contribution in [0, 0.1) is 5.92 Å². The number of nitrogens with zero attached hydrogens (tertiary/aromatic N) is 1. The van der Waals surface area contributed by atoms with Crippen molar-refractivity contribution in [1.29, 1.82) is 0 Å². The minimum absolute atomic E-state index is 0.103. The number of aromatic nitrogens is 1. The molecule has 0 aromatic carbocycles. The second-order valence-corrected chi connectivity index (χ2v) is 6.11. The lowest BCUT2D eigenvalue weighted by molar-refractivity contribution is -0.141. The van der Waals surface area contributed by atoms with Crippen LogP contribution in [0.15, 0.2) is 0 Å². The van der Waals surface area contributed by atoms with Gasteiger partial charge in [0.2, 0.25) is 5.91 Å². The van der Waals surface area contributed by atoms with E-state index in [4.69, 9.17) is 0 Å². The molecular formula is C14H20N2O3S. The summed E-state index contributed by atoms with van der Waals surface area (Å²) in [5.41, 5.74) is 1.13. The van der Waals surface area contributed by atoms with Crippen LogP contribution in [0.25, 0.3) is 0 Å². The number of thiazole rings is 1. The quantitative estimate of drug-likeness (QED) is 0.848. The van der Waals surface area contributed by atoms with E-state index in [1.807, 2.05) is 0 Å². The predicted octanol–water partition coefficient (Wildman–Crippen LogP) is 2.55. The SMILES string of the molecule is CC[C@H]1CCc2nc(NC(=O)CCC(=O)OC)sc2C1. The highest BCUT2D eigenvalue weighted by atomic mass is 32.1. The van der Waals surface area contributed by atoms with Crippen LogP contribution in [0.3, 0.4) is 0 Å². The van der Waals surface area contributed by atoms with Gasteiger partial charge in [0.1, 0.15) is 0 Å². The first-order valence-corrected chi connectivity index (χ1v) is 7.79. The average Bonchev–Trinajstić information content (AvgIpc) is 2.85. The highest BCUT2D eigenvalue weighted by Gasteiger charge is 2.22. The number of carbonyl (C=O) groups is 2. The second kappa shape index (κ2) is 6.83. The van der Waals surface area contributed by atoms with Gasteiger partial charge in [0.15, 0.2) is 5.13 Å². The molecule has 0 saturated heterocycles. The zero-order valence-corrected chi connectivity index (χ0v) is 12.7. The molecule has 1 amide bonds. The monoisotopic (exact) mass is 296 g/mol. The lowest BCUT2D eigenvalue weighted by Gasteiger charge is -2.18. The molecule has 0 fully saturated rings. The summed E-state index contributed by atoms with van der Waals surface area (Å²) in [5, 5.41) is 3.43. The Morgan fingerprint density at radius 3 is 2.95 bits per heavy atom. The molecule has 110 valence electrons. The maximum absolute atomic E-state index is 11.7. The lowest BCUT2D eigenvalue weighted by atomic mass is 9.89. The molecular weight excluding hydrogens is 276 g/mol. The molecule has 0 radical (unpaired) electrons. The van der Waals surface area contributed by atoms with E-state index < -0.39 is 0 Å². The molecule has 1 aromatic heterocycles. The Bertz CT molecular complexity index is 499. The third-order valence-electron chi connectivity index (χ3n) is 3.65. The number of hydrogen-bond acceptors (Lipinski definition) is 5. The first-order valence-electron chi connectivity index (χ1n) is 6.97. The molecule has 1 N–H and O–H groups in total. The Morgan fingerprint density at radius 2 is 2.25 bits per heavy atom. The Kier molecular flexibility index (Phi) is 5.11. The molecule has 1 aromatic rings. The molecule has 20 heavy (non-hydrogen) atoms. The van der Waals surface area contributed by atoms with Gasteiger partial charge in [-0.1, -0.05) is 13.3 Å². The summed E-state index contributed by atoms with van der Waals surface area (Å²) in [6.45, 7) is 2.21. The standard InChI is InChI=1S/C14H20N2O3S/c1-3-9-4-5-10-11(8-9)20-14(15-10)16-12(17)6-7-13(18)19-2/h9H,3-8H2,1-2H3,(H,15,16,17)/t9-/m0/s1. The van der Waals surface area contributed by atoms with Crippen molar-refractivity contribution in [3.8, 4) is 0 Å². The molecule has 1 heterocycles. The van der Waals surface area contributed by atoms with Crippen molar-refractivity contribution in [3.63, 3.8) is 0 Å². The van der Waals surface area contributed by atoms with Crippen molar-refractivity contribution < 1.29 is 14.3 Å². The highest BCUT2D eigenvalue weighted by molar-refractivity contribution is 7.15. The van der Waals surface area contributed by atoms with Crippen LogP contribution >= 0.6 is 11.3 Å². The van der Waals surface area contributed by atoms with E-state index in [9.17, 15) is 9.59 Å². The maximum Gasteiger partial charge on any atom is 0.306 e. The summed E-state index contributed by atoms with van der Waals surface area (Å²) < 4.78 is 4.51. The van der Waals surface area contributed by atoms with E-state index in [1.54, 1.807) is 11.3 Å². The van der Waals surface area contributed by atoms with Gasteiger partial charge in [-0.3, -0.25) is 9.59 Å². The van der Waals surface area contributed by atoms with E-state index >= 15 is 0 Å². The number of aryl methyl sites for hydroxylation is 1. The molecule has 0 unspecified atom stereocenters. The van der Waals surface area contributed by atoms with Crippen molar-refractivity contribution in [2.45, 2.75) is 45.4 Å². The summed E-state index contributed by atoms with van der Waals surface area (Å²) >= 11 is 1.56. The predicted molar refractivity (Wildman–Crippen MR) is 77.8 cm³/mol. The first kappa shape index (κ1) is 15.0. The van der Waals surface area contributed by atoms with Crippen molar-refractivity contribution >= 4 is 28.3 Å². The van der Waals surface area contributed by atoms with Gasteiger partial charge in [-0.15, -0.1) is 11.3 Å². The van der Waals surface area contributed by atoms with E-state index in [-0.39, 0.29) is 24.7 Å². The molecule has 0 saturated carbocycles. The third-order valence-corrected chi connectivity index (χ3v) is 4.68. The summed E-state index contributed by atoms with van der Waals surface area (Å²) in [4.78, 5) is 28.5. The van der Waals surface area contributed by atoms with Crippen molar-refractivity contribution in [1.82, 2.24) is 4.98 Å². The Balaban J connectivity index is 1.89. The second-order valence-electron chi connectivity index (χ2n) is 5.03. The van der Waals surface area contributed by atoms with Crippen LogP contribution < -0.4 is 5.32 Å². The Morgan fingerprint density at radius 1 is 1.45 bits per heavy atom. The van der Waals surface area contributed by atoms with Crippen LogP contribution in [0.4, 0.5) is 5.13 Å². The Hall–Kier alpha value is -1.43. The van der Waals surface area contributed by atoms with Gasteiger partial charge < -0.3 is 10.1 Å². The van der Waals surface area contributed by atoms with E-state index in [2.05, 4.69) is 22.0 Å². The molecule has 5 nitrogen and oxygen atoms in total. The molecule has 1 aliphatic carbocycles. The van der Waals surface area contributed by atoms with Crippen LogP contribution in [0.5, 0.6) is 0 Å². The molecule has 0 bridgehead atoms. The number of amides is 1. The zero-order chi connectivity index (χ0) is 14.5. The smallest absolute Gasteiger partial charge is 0.306 e. The molecule has 6 heteroatoms. The fraction of sp³-hybridized carbons (Fsp3) is 0.643. The summed E-state index contributed by atoms with van der Waals surface area (Å²) in [7, 11) is 1.32. The molecule has 0 spiro atoms. The van der Waals surface area contributed by atoms with Crippen molar-refractivity contribution in [3.05, 3.63) is 10.6 Å². The van der Waals surface area contributed by atoms with Crippen LogP contribution in [0.1, 0.15) is 43.2 Å². The minimum Gasteiger partial charge on any atom is -0.469 e. The van der Waals surface area contributed by atoms with E-state index in [0.29, 0.717) is 5.13 Å². The van der Waals surface area contributed by atoms with Crippen molar-refractivity contribution in [2.75, 3.05) is 12.4 Å². The normalized spacial score (nSPS) is 17.4. The Labute approximate surface area is 122 Å². The summed E-state index contributed by atoms with van der Waals surface area (Å²) in [6, 6.07) is 0. The highest BCUT2D eigenvalue weighted by Crippen LogP contribution is 2.33. The van der Waals surface area contributed by atoms with Gasteiger partial charge in [0.25, 0.3) is 0 Å². The number of methoxy groups -OCH3 is 1. The van der Waals surface area contributed by atoms with Crippen LogP contribution in [0.2, 0.25) is 0 Å².